The number of aromatic nitrogens is 2. The summed E-state index contributed by atoms with van der Waals surface area (Å²) in [6.45, 7) is 3.62. The lowest BCUT2D eigenvalue weighted by Gasteiger charge is -2.07. The van der Waals surface area contributed by atoms with E-state index in [2.05, 4.69) is 15.3 Å². The summed E-state index contributed by atoms with van der Waals surface area (Å²) in [4.78, 5) is 20.1. The van der Waals surface area contributed by atoms with Crippen molar-refractivity contribution in [1.82, 2.24) is 9.97 Å². The van der Waals surface area contributed by atoms with E-state index < -0.39 is 0 Å². The molecule has 0 radical (unpaired) electrons. The van der Waals surface area contributed by atoms with Crippen LogP contribution >= 0.6 is 23.2 Å². The minimum Gasteiger partial charge on any atom is -0.320 e. The second kappa shape index (κ2) is 5.55. The molecule has 98 valence electrons. The molecule has 2 aromatic heterocycles. The zero-order chi connectivity index (χ0) is 14.0. The zero-order valence-electron chi connectivity index (χ0n) is 10.4. The molecule has 0 aromatic carbocycles. The highest BCUT2D eigenvalue weighted by molar-refractivity contribution is 6.34. The van der Waals surface area contributed by atoms with Gasteiger partial charge in [-0.15, -0.1) is 0 Å². The number of halogens is 2. The standard InChI is InChI=1S/C13H11Cl2N3O/c1-7-3-9(5-17-12(7)15)18-13(19)10-6-16-8(2)4-11(10)14/h3-6H,1-2H3,(H,18,19). The molecule has 19 heavy (non-hydrogen) atoms. The molecule has 0 aliphatic heterocycles. The number of carbonyl (C=O) groups excluding carboxylic acids is 1. The first-order valence-electron chi connectivity index (χ1n) is 5.53. The second-order valence-corrected chi connectivity index (χ2v) is 4.86. The third-order valence-corrected chi connectivity index (χ3v) is 3.22. The Labute approximate surface area is 120 Å². The van der Waals surface area contributed by atoms with Gasteiger partial charge in [0.2, 0.25) is 0 Å². The molecule has 0 saturated heterocycles. The molecule has 0 aliphatic rings. The number of carbonyl (C=O) groups is 1. The maximum atomic E-state index is 12.0. The van der Waals surface area contributed by atoms with Gasteiger partial charge in [0.1, 0.15) is 5.15 Å². The van der Waals surface area contributed by atoms with E-state index in [-0.39, 0.29) is 5.91 Å². The van der Waals surface area contributed by atoms with Gasteiger partial charge >= 0.3 is 0 Å². The average Bonchev–Trinajstić information content (AvgIpc) is 2.33. The number of hydrogen-bond donors (Lipinski definition) is 1. The van der Waals surface area contributed by atoms with Gasteiger partial charge in [0.05, 0.1) is 22.5 Å². The average molecular weight is 296 g/mol. The van der Waals surface area contributed by atoms with E-state index in [1.165, 1.54) is 12.4 Å². The Kier molecular flexibility index (Phi) is 4.02. The summed E-state index contributed by atoms with van der Waals surface area (Å²) >= 11 is 11.8. The molecule has 0 unspecified atom stereocenters. The summed E-state index contributed by atoms with van der Waals surface area (Å²) in [5.74, 6) is -0.332. The SMILES string of the molecule is Cc1cc(Cl)c(C(=O)Nc2cnc(Cl)c(C)c2)cn1. The Hall–Kier alpha value is -1.65. The number of hydrogen-bond acceptors (Lipinski definition) is 3. The van der Waals surface area contributed by atoms with Gasteiger partial charge in [-0.3, -0.25) is 9.78 Å². The molecule has 0 spiro atoms. The lowest BCUT2D eigenvalue weighted by Crippen LogP contribution is -2.13. The third-order valence-electron chi connectivity index (χ3n) is 2.51. The van der Waals surface area contributed by atoms with Crippen molar-refractivity contribution in [2.75, 3.05) is 5.32 Å². The monoisotopic (exact) mass is 295 g/mol. The molecule has 0 aliphatic carbocycles. The summed E-state index contributed by atoms with van der Waals surface area (Å²) in [5.41, 5.74) is 2.42. The number of aryl methyl sites for hydroxylation is 2. The molecule has 0 saturated carbocycles. The molecule has 0 fully saturated rings. The number of pyridine rings is 2. The predicted octanol–water partition coefficient (Wildman–Crippen LogP) is 3.65. The van der Waals surface area contributed by atoms with Gasteiger partial charge in [0.15, 0.2) is 0 Å². The highest BCUT2D eigenvalue weighted by Gasteiger charge is 2.12. The summed E-state index contributed by atoms with van der Waals surface area (Å²) in [6, 6.07) is 3.38. The van der Waals surface area contributed by atoms with Crippen molar-refractivity contribution in [2.24, 2.45) is 0 Å². The zero-order valence-corrected chi connectivity index (χ0v) is 11.9. The van der Waals surface area contributed by atoms with Crippen LogP contribution in [0.5, 0.6) is 0 Å². The summed E-state index contributed by atoms with van der Waals surface area (Å²) in [7, 11) is 0. The van der Waals surface area contributed by atoms with E-state index >= 15 is 0 Å². The molecule has 4 nitrogen and oxygen atoms in total. The van der Waals surface area contributed by atoms with Gasteiger partial charge in [-0.05, 0) is 31.5 Å². The molecule has 1 N–H and O–H groups in total. The Morgan fingerprint density at radius 1 is 1.16 bits per heavy atom. The summed E-state index contributed by atoms with van der Waals surface area (Å²) in [5, 5.41) is 3.48. The fraction of sp³-hybridized carbons (Fsp3) is 0.154. The number of rotatable bonds is 2. The van der Waals surface area contributed by atoms with E-state index in [0.29, 0.717) is 21.4 Å². The Bertz CT molecular complexity index is 644. The molecule has 1 amide bonds. The van der Waals surface area contributed by atoms with Crippen LogP contribution in [0.15, 0.2) is 24.5 Å². The van der Waals surface area contributed by atoms with Gasteiger partial charge in [0.25, 0.3) is 5.91 Å². The van der Waals surface area contributed by atoms with Crippen LogP contribution in [0.25, 0.3) is 0 Å². The molecule has 2 heterocycles. The van der Waals surface area contributed by atoms with E-state index in [0.717, 1.165) is 11.3 Å². The van der Waals surface area contributed by atoms with Gasteiger partial charge < -0.3 is 5.32 Å². The van der Waals surface area contributed by atoms with Crippen LogP contribution in [-0.2, 0) is 0 Å². The van der Waals surface area contributed by atoms with Gasteiger partial charge in [-0.1, -0.05) is 23.2 Å². The fourth-order valence-corrected chi connectivity index (χ4v) is 1.91. The molecule has 0 atom stereocenters. The first-order chi connectivity index (χ1) is 8.97. The van der Waals surface area contributed by atoms with Crippen molar-refractivity contribution in [2.45, 2.75) is 13.8 Å². The second-order valence-electron chi connectivity index (χ2n) is 4.09. The molecular formula is C13H11Cl2N3O. The van der Waals surface area contributed by atoms with Crippen molar-refractivity contribution >= 4 is 34.8 Å². The normalized spacial score (nSPS) is 10.3. The molecule has 2 rings (SSSR count). The third kappa shape index (κ3) is 3.22. The van der Waals surface area contributed by atoms with E-state index in [1.54, 1.807) is 19.1 Å². The minimum atomic E-state index is -0.332. The molecule has 6 heteroatoms. The summed E-state index contributed by atoms with van der Waals surface area (Å²) in [6.07, 6.45) is 2.94. The molecule has 2 aromatic rings. The highest BCUT2D eigenvalue weighted by Crippen LogP contribution is 2.19. The quantitative estimate of drug-likeness (QED) is 0.861. The first kappa shape index (κ1) is 13.8. The van der Waals surface area contributed by atoms with Gasteiger partial charge in [-0.25, -0.2) is 4.98 Å². The van der Waals surface area contributed by atoms with Crippen LogP contribution in [0, 0.1) is 13.8 Å². The molecular weight excluding hydrogens is 285 g/mol. The minimum absolute atomic E-state index is 0.319. The number of nitrogens with one attached hydrogen (secondary N) is 1. The van der Waals surface area contributed by atoms with E-state index in [9.17, 15) is 4.79 Å². The van der Waals surface area contributed by atoms with Crippen LogP contribution in [-0.4, -0.2) is 15.9 Å². The van der Waals surface area contributed by atoms with Crippen LogP contribution < -0.4 is 5.32 Å². The Morgan fingerprint density at radius 2 is 1.89 bits per heavy atom. The fourth-order valence-electron chi connectivity index (χ4n) is 1.52. The smallest absolute Gasteiger partial charge is 0.258 e. The Morgan fingerprint density at radius 3 is 2.53 bits per heavy atom. The van der Waals surface area contributed by atoms with E-state index in [4.69, 9.17) is 23.2 Å². The topological polar surface area (TPSA) is 54.9 Å². The maximum Gasteiger partial charge on any atom is 0.258 e. The van der Waals surface area contributed by atoms with Gasteiger partial charge in [0, 0.05) is 11.9 Å². The van der Waals surface area contributed by atoms with Crippen molar-refractivity contribution in [3.63, 3.8) is 0 Å². The lowest BCUT2D eigenvalue weighted by molar-refractivity contribution is 0.102. The first-order valence-corrected chi connectivity index (χ1v) is 6.28. The number of nitrogens with zero attached hydrogens (tertiary/aromatic N) is 2. The highest BCUT2D eigenvalue weighted by atomic mass is 35.5. The predicted molar refractivity (Wildman–Crippen MR) is 75.9 cm³/mol. The van der Waals surface area contributed by atoms with Crippen LogP contribution in [0.1, 0.15) is 21.6 Å². The lowest BCUT2D eigenvalue weighted by atomic mass is 10.2. The summed E-state index contributed by atoms with van der Waals surface area (Å²) < 4.78 is 0. The number of anilines is 1. The van der Waals surface area contributed by atoms with Crippen LogP contribution in [0.2, 0.25) is 10.2 Å². The van der Waals surface area contributed by atoms with Crippen molar-refractivity contribution in [3.8, 4) is 0 Å². The Balaban J connectivity index is 2.23. The van der Waals surface area contributed by atoms with Crippen molar-refractivity contribution in [1.29, 1.82) is 0 Å². The van der Waals surface area contributed by atoms with Crippen molar-refractivity contribution in [3.05, 3.63) is 51.5 Å². The van der Waals surface area contributed by atoms with Crippen LogP contribution in [0.3, 0.4) is 0 Å². The van der Waals surface area contributed by atoms with Crippen LogP contribution in [0.4, 0.5) is 5.69 Å². The van der Waals surface area contributed by atoms with Crippen molar-refractivity contribution < 1.29 is 4.79 Å². The largest absolute Gasteiger partial charge is 0.320 e. The molecule has 0 bridgehead atoms. The van der Waals surface area contributed by atoms with E-state index in [1.807, 2.05) is 6.92 Å². The number of amides is 1. The maximum absolute atomic E-state index is 12.0. The van der Waals surface area contributed by atoms with Gasteiger partial charge in [-0.2, -0.15) is 0 Å².